The first kappa shape index (κ1) is 16.9. The van der Waals surface area contributed by atoms with Gasteiger partial charge in [0, 0.05) is 12.5 Å². The molecule has 0 aliphatic heterocycles. The van der Waals surface area contributed by atoms with Gasteiger partial charge in [-0.1, -0.05) is 74.3 Å². The smallest absolute Gasteiger partial charge is 0.0202 e. The van der Waals surface area contributed by atoms with E-state index in [1.54, 1.807) is 0 Å². The van der Waals surface area contributed by atoms with Crippen molar-refractivity contribution in [2.24, 2.45) is 0 Å². The van der Waals surface area contributed by atoms with Crippen LogP contribution in [0.1, 0.15) is 16.7 Å². The van der Waals surface area contributed by atoms with Crippen LogP contribution in [0.3, 0.4) is 0 Å². The normalized spacial score (nSPS) is 10.4. The number of hydrogen-bond donors (Lipinski definition) is 0. The second-order valence-electron chi connectivity index (χ2n) is 5.09. The highest BCUT2D eigenvalue weighted by Crippen LogP contribution is 2.29. The molecule has 0 bridgehead atoms. The first-order valence-electron chi connectivity index (χ1n) is 7.11. The third-order valence-electron chi connectivity index (χ3n) is 3.52. The fourth-order valence-electron chi connectivity index (χ4n) is 2.34. The van der Waals surface area contributed by atoms with Gasteiger partial charge >= 0.3 is 0 Å². The maximum Gasteiger partial charge on any atom is 0.0202 e. The van der Waals surface area contributed by atoms with Crippen LogP contribution < -0.4 is 0 Å². The Kier molecular flexibility index (Phi) is 5.72. The van der Waals surface area contributed by atoms with E-state index in [4.69, 9.17) is 0 Å². The van der Waals surface area contributed by atoms with Gasteiger partial charge < -0.3 is 0 Å². The molecule has 0 saturated heterocycles. The molecule has 3 aromatic carbocycles. The first-order valence-corrected chi connectivity index (χ1v) is 9.78. The van der Waals surface area contributed by atoms with Crippen LogP contribution >= 0.6 is 54.5 Å². The molecule has 0 aliphatic carbocycles. The summed E-state index contributed by atoms with van der Waals surface area (Å²) in [6.45, 7) is 0. The van der Waals surface area contributed by atoms with Gasteiger partial charge in [0.25, 0.3) is 0 Å². The van der Waals surface area contributed by atoms with Crippen LogP contribution in [0.25, 0.3) is 11.6 Å². The minimum atomic E-state index is 1.09. The molecule has 3 aromatic rings. The highest BCUT2D eigenvalue weighted by atomic mass is 127. The Hall–Kier alpha value is -0.910. The molecule has 0 saturated carbocycles. The van der Waals surface area contributed by atoms with E-state index in [9.17, 15) is 0 Å². The van der Waals surface area contributed by atoms with E-state index < -0.39 is 0 Å². The van der Waals surface area contributed by atoms with Crippen molar-refractivity contribution in [3.63, 3.8) is 0 Å². The number of halogens is 3. The summed E-state index contributed by atoms with van der Waals surface area (Å²) in [6.07, 6.45) is 2.26. The molecular formula is C20H13Br2I. The third-order valence-corrected chi connectivity index (χ3v) is 5.56. The summed E-state index contributed by atoms with van der Waals surface area (Å²) in [5.74, 6) is 0. The number of benzene rings is 3. The molecule has 0 spiro atoms. The summed E-state index contributed by atoms with van der Waals surface area (Å²) >= 11 is 9.41. The molecule has 0 fully saturated rings. The van der Waals surface area contributed by atoms with E-state index in [0.29, 0.717) is 0 Å². The highest BCUT2D eigenvalue weighted by molar-refractivity contribution is 14.1. The zero-order chi connectivity index (χ0) is 16.2. The summed E-state index contributed by atoms with van der Waals surface area (Å²) in [4.78, 5) is 0. The van der Waals surface area contributed by atoms with Crippen molar-refractivity contribution < 1.29 is 0 Å². The standard InChI is InChI=1S/C20H13Br2I/c21-17-9-5-14(6-10-17)19(15-7-11-18(22)12-8-15)13-16-3-1-2-4-20(16)23/h1-13H. The van der Waals surface area contributed by atoms with E-state index in [0.717, 1.165) is 8.95 Å². The molecule has 0 nitrogen and oxygen atoms in total. The van der Waals surface area contributed by atoms with Crippen LogP contribution in [0, 0.1) is 3.57 Å². The summed E-state index contributed by atoms with van der Waals surface area (Å²) < 4.78 is 3.42. The second kappa shape index (κ2) is 7.77. The quantitative estimate of drug-likeness (QED) is 0.240. The maximum atomic E-state index is 3.51. The molecule has 114 valence electrons. The Morgan fingerprint density at radius 2 is 1.17 bits per heavy atom. The Bertz CT molecular complexity index is 787. The van der Waals surface area contributed by atoms with Crippen LogP contribution in [0.4, 0.5) is 0 Å². The first-order chi connectivity index (χ1) is 11.1. The molecule has 0 aliphatic rings. The summed E-state index contributed by atoms with van der Waals surface area (Å²) in [5.41, 5.74) is 4.86. The van der Waals surface area contributed by atoms with Gasteiger partial charge in [0.15, 0.2) is 0 Å². The van der Waals surface area contributed by atoms with E-state index in [2.05, 4.69) is 133 Å². The van der Waals surface area contributed by atoms with Gasteiger partial charge in [0.2, 0.25) is 0 Å². The minimum absolute atomic E-state index is 1.09. The Balaban J connectivity index is 2.15. The van der Waals surface area contributed by atoms with Gasteiger partial charge in [-0.25, -0.2) is 0 Å². The molecule has 23 heavy (non-hydrogen) atoms. The molecule has 0 N–H and O–H groups in total. The van der Waals surface area contributed by atoms with Crippen LogP contribution in [0.15, 0.2) is 81.7 Å². The zero-order valence-corrected chi connectivity index (χ0v) is 17.5. The van der Waals surface area contributed by atoms with Gasteiger partial charge in [0.05, 0.1) is 0 Å². The van der Waals surface area contributed by atoms with Gasteiger partial charge in [-0.15, -0.1) is 0 Å². The molecule has 0 radical (unpaired) electrons. The SMILES string of the molecule is Brc1ccc(C(=Cc2ccccc2I)c2ccc(Br)cc2)cc1. The lowest BCUT2D eigenvalue weighted by molar-refractivity contribution is 1.52. The predicted molar refractivity (Wildman–Crippen MR) is 114 cm³/mol. The lowest BCUT2D eigenvalue weighted by Gasteiger charge is -2.10. The molecule has 0 atom stereocenters. The second-order valence-corrected chi connectivity index (χ2v) is 8.09. The monoisotopic (exact) mass is 538 g/mol. The van der Waals surface area contributed by atoms with Crippen molar-refractivity contribution >= 4 is 66.1 Å². The van der Waals surface area contributed by atoms with Crippen molar-refractivity contribution in [1.29, 1.82) is 0 Å². The van der Waals surface area contributed by atoms with E-state index in [1.807, 2.05) is 0 Å². The lowest BCUT2D eigenvalue weighted by atomic mass is 9.96. The predicted octanol–water partition coefficient (Wildman–Crippen LogP) is 7.41. The van der Waals surface area contributed by atoms with E-state index >= 15 is 0 Å². The average molecular weight is 540 g/mol. The number of rotatable bonds is 3. The fourth-order valence-corrected chi connectivity index (χ4v) is 3.41. The topological polar surface area (TPSA) is 0 Å². The summed E-state index contributed by atoms with van der Waals surface area (Å²) in [7, 11) is 0. The van der Waals surface area contributed by atoms with Crippen molar-refractivity contribution in [3.8, 4) is 0 Å². The Morgan fingerprint density at radius 3 is 1.65 bits per heavy atom. The zero-order valence-electron chi connectivity index (χ0n) is 12.1. The largest absolute Gasteiger partial charge is 0.0616 e. The highest BCUT2D eigenvalue weighted by Gasteiger charge is 2.07. The Labute approximate surface area is 167 Å². The van der Waals surface area contributed by atoms with Gasteiger partial charge in [0.1, 0.15) is 0 Å². The molecule has 0 heterocycles. The van der Waals surface area contributed by atoms with Crippen LogP contribution in [-0.4, -0.2) is 0 Å². The van der Waals surface area contributed by atoms with E-state index in [-0.39, 0.29) is 0 Å². The Morgan fingerprint density at radius 1 is 0.696 bits per heavy atom. The summed E-state index contributed by atoms with van der Waals surface area (Å²) in [6, 6.07) is 25.3. The molecule has 0 amide bonds. The molecule has 0 unspecified atom stereocenters. The van der Waals surface area contributed by atoms with Crippen LogP contribution in [-0.2, 0) is 0 Å². The molecule has 3 heteroatoms. The van der Waals surface area contributed by atoms with Crippen LogP contribution in [0.5, 0.6) is 0 Å². The fraction of sp³-hybridized carbons (Fsp3) is 0. The maximum absolute atomic E-state index is 3.51. The van der Waals surface area contributed by atoms with Crippen molar-refractivity contribution in [2.75, 3.05) is 0 Å². The van der Waals surface area contributed by atoms with E-state index in [1.165, 1.54) is 25.8 Å². The molecule has 3 rings (SSSR count). The van der Waals surface area contributed by atoms with Gasteiger partial charge in [-0.3, -0.25) is 0 Å². The average Bonchev–Trinajstić information content (AvgIpc) is 2.56. The van der Waals surface area contributed by atoms with Crippen LogP contribution in [0.2, 0.25) is 0 Å². The minimum Gasteiger partial charge on any atom is -0.0616 e. The van der Waals surface area contributed by atoms with Crippen molar-refractivity contribution in [3.05, 3.63) is 102 Å². The van der Waals surface area contributed by atoms with Gasteiger partial charge in [-0.05, 0) is 81.3 Å². The molecule has 0 aromatic heterocycles. The number of hydrogen-bond acceptors (Lipinski definition) is 0. The van der Waals surface area contributed by atoms with Gasteiger partial charge in [-0.2, -0.15) is 0 Å². The van der Waals surface area contributed by atoms with Crippen molar-refractivity contribution in [1.82, 2.24) is 0 Å². The molecular weight excluding hydrogens is 527 g/mol. The lowest BCUT2D eigenvalue weighted by Crippen LogP contribution is -1.89. The summed E-state index contributed by atoms with van der Waals surface area (Å²) in [5, 5.41) is 0. The van der Waals surface area contributed by atoms with Crippen molar-refractivity contribution in [2.45, 2.75) is 0 Å². The third kappa shape index (κ3) is 4.34.